The molecule has 0 radical (unpaired) electrons. The van der Waals surface area contributed by atoms with Gasteiger partial charge in [0.1, 0.15) is 0 Å². The number of rotatable bonds is 3. The third kappa shape index (κ3) is 18.4. The van der Waals surface area contributed by atoms with Crippen molar-refractivity contribution in [1.82, 2.24) is 15.0 Å². The molecular weight excluding hydrogens is 510 g/mol. The van der Waals surface area contributed by atoms with E-state index in [1.807, 2.05) is 54.6 Å². The predicted octanol–water partition coefficient (Wildman–Crippen LogP) is -1.18. The summed E-state index contributed by atoms with van der Waals surface area (Å²) < 4.78 is 34.0. The van der Waals surface area contributed by atoms with E-state index in [1.54, 1.807) is 18.5 Å². The van der Waals surface area contributed by atoms with E-state index in [4.69, 9.17) is 23.9 Å². The Labute approximate surface area is 209 Å². The van der Waals surface area contributed by atoms with E-state index in [2.05, 4.69) is 15.0 Å². The van der Waals surface area contributed by atoms with Gasteiger partial charge in [-0.3, -0.25) is 14.8 Å². The molecule has 0 bridgehead atoms. The maximum atomic E-state index is 9.98. The van der Waals surface area contributed by atoms with Crippen LogP contribution in [-0.2, 0) is 21.3 Å². The predicted molar refractivity (Wildman–Crippen MR) is 106 cm³/mol. The van der Waals surface area contributed by atoms with Gasteiger partial charge in [0.05, 0.1) is 28.8 Å². The first-order chi connectivity index (χ1) is 15.5. The van der Waals surface area contributed by atoms with Crippen LogP contribution in [0.1, 0.15) is 20.8 Å². The van der Waals surface area contributed by atoms with Gasteiger partial charge in [-0.15, -0.1) is 16.0 Å². The fraction of sp³-hybridized carbons (Fsp3) is 0.136. The molecule has 0 aliphatic heterocycles. The minimum atomic E-state index is -4.94. The molecule has 0 N–H and O–H groups in total. The van der Waals surface area contributed by atoms with E-state index in [1.165, 1.54) is 20.8 Å². The van der Waals surface area contributed by atoms with E-state index in [9.17, 15) is 9.90 Å². The molecule has 0 atom stereocenters. The number of ketones is 1. The number of hydrogen-bond acceptors (Lipinski definition) is 10. The largest absolute Gasteiger partial charge is 2.00 e. The Hall–Kier alpha value is -3.23. The smallest absolute Gasteiger partial charge is 0.876 e. The van der Waals surface area contributed by atoms with Crippen molar-refractivity contribution in [3.63, 3.8) is 0 Å². The summed E-state index contributed by atoms with van der Waals surface area (Å²) in [6.07, 6.45) is 4.59. The molecule has 0 saturated carbocycles. The third-order valence-electron chi connectivity index (χ3n) is 3.01. The first-order valence-corrected chi connectivity index (χ1v) is 10.3. The first-order valence-electron chi connectivity index (χ1n) is 9.06. The number of nitriles is 1. The summed E-state index contributed by atoms with van der Waals surface area (Å²) in [6.45, 7) is 4.13. The van der Waals surface area contributed by atoms with Gasteiger partial charge in [-0.2, -0.15) is 5.26 Å². The first kappa shape index (κ1) is 32.9. The number of aromatic nitrogens is 3. The number of nitrogens with zero attached hydrogens (tertiary/aromatic N) is 4. The topological polar surface area (TPSA) is 195 Å². The standard InChI is InChI=1S/C15H11N3.C5H8O2.C2H3N.ClHO4.Ni/c1-3-10-16-12(6-1)14-8-5-9-15(18-14)13-7-2-4-11-17-13;1-4(6)3-5(2)7;1-2-3;2-1(3,4)5;/h1-11H;3,6H,1-2H3;1H3;(H,2,3,4,5);/q;;;;+2/p-2/b;4-3-;;;. The van der Waals surface area contributed by atoms with E-state index < -0.39 is 10.2 Å². The van der Waals surface area contributed by atoms with Gasteiger partial charge >= 0.3 is 16.5 Å². The second-order valence-electron chi connectivity index (χ2n) is 5.81. The van der Waals surface area contributed by atoms with Crippen LogP contribution < -0.4 is 23.7 Å². The van der Waals surface area contributed by atoms with E-state index >= 15 is 0 Å². The Bertz CT molecular complexity index is 978. The molecule has 0 aliphatic carbocycles. The van der Waals surface area contributed by atoms with Gasteiger partial charge in [0.15, 0.2) is 5.78 Å². The molecule has 0 spiro atoms. The van der Waals surface area contributed by atoms with Gasteiger partial charge in [-0.05, 0) is 49.4 Å². The number of halogens is 1. The fourth-order valence-electron chi connectivity index (χ4n) is 2.03. The van der Waals surface area contributed by atoms with Crippen molar-refractivity contribution in [3.8, 4) is 28.8 Å². The Morgan fingerprint density at radius 1 is 0.853 bits per heavy atom. The Morgan fingerprint density at radius 2 is 1.21 bits per heavy atom. The summed E-state index contributed by atoms with van der Waals surface area (Å²) in [5.74, 6) is -0.375. The van der Waals surface area contributed by atoms with Crippen LogP contribution in [0.5, 0.6) is 0 Å². The molecule has 0 amide bonds. The maximum absolute atomic E-state index is 9.98. The molecule has 10 nitrogen and oxygen atoms in total. The van der Waals surface area contributed by atoms with Crippen LogP contribution in [0.2, 0.25) is 0 Å². The van der Waals surface area contributed by atoms with Gasteiger partial charge in [-0.1, -0.05) is 25.1 Å². The van der Waals surface area contributed by atoms with Crippen LogP contribution in [0.15, 0.2) is 78.8 Å². The maximum Gasteiger partial charge on any atom is 2.00 e. The number of allylic oxidation sites excluding steroid dienone is 2. The van der Waals surface area contributed by atoms with Gasteiger partial charge < -0.3 is 5.11 Å². The minimum absolute atomic E-state index is 0. The summed E-state index contributed by atoms with van der Waals surface area (Å²) >= 11 is 0. The Kier molecular flexibility index (Phi) is 17.7. The SMILES string of the molecule is CC#N.CC(=O)/C=C(/C)[O-].[Ni+2].[O-][Cl+3]([O-])([O-])[O-].c1ccc(-c2cccc(-c3ccccn3)n2)nc1. The Morgan fingerprint density at radius 3 is 1.44 bits per heavy atom. The molecule has 3 heterocycles. The van der Waals surface area contributed by atoms with Crippen molar-refractivity contribution >= 4 is 5.78 Å². The van der Waals surface area contributed by atoms with E-state index in [0.29, 0.717) is 0 Å². The third-order valence-corrected chi connectivity index (χ3v) is 3.01. The van der Waals surface area contributed by atoms with Crippen molar-refractivity contribution in [2.24, 2.45) is 0 Å². The minimum Gasteiger partial charge on any atom is -0.876 e. The van der Waals surface area contributed by atoms with Gasteiger partial charge in [0.25, 0.3) is 0 Å². The summed E-state index contributed by atoms with van der Waals surface area (Å²) in [6, 6.07) is 19.2. The molecule has 0 unspecified atom stereocenters. The molecule has 3 aromatic rings. The van der Waals surface area contributed by atoms with Crippen molar-refractivity contribution in [2.45, 2.75) is 20.8 Å². The summed E-state index contributed by atoms with van der Waals surface area (Å²) in [7, 11) is -4.94. The van der Waals surface area contributed by atoms with E-state index in [-0.39, 0.29) is 28.0 Å². The van der Waals surface area contributed by atoms with Crippen LogP contribution in [0.4, 0.5) is 0 Å². The molecule has 0 aliphatic rings. The van der Waals surface area contributed by atoms with Gasteiger partial charge in [-0.25, -0.2) is 23.6 Å². The summed E-state index contributed by atoms with van der Waals surface area (Å²) in [5.41, 5.74) is 3.46. The molecule has 12 heteroatoms. The normalized spacial score (nSPS) is 9.76. The number of carbonyl (C=O) groups excluding carboxylic acids is 1. The molecule has 182 valence electrons. The van der Waals surface area contributed by atoms with Crippen molar-refractivity contribution in [1.29, 1.82) is 5.26 Å². The van der Waals surface area contributed by atoms with E-state index in [0.717, 1.165) is 28.9 Å². The zero-order chi connectivity index (χ0) is 25.3. The van der Waals surface area contributed by atoms with Crippen LogP contribution in [0, 0.1) is 21.6 Å². The van der Waals surface area contributed by atoms with Crippen molar-refractivity contribution in [3.05, 3.63) is 78.8 Å². The van der Waals surface area contributed by atoms with Gasteiger partial charge in [0, 0.05) is 19.3 Å². The number of pyridine rings is 3. The number of carbonyl (C=O) groups is 1. The molecular formula is C22H21ClN4NiO6. The second kappa shape index (κ2) is 18.2. The van der Waals surface area contributed by atoms with Crippen LogP contribution in [0.3, 0.4) is 0 Å². The van der Waals surface area contributed by atoms with Crippen LogP contribution >= 0.6 is 0 Å². The Balaban J connectivity index is 0. The molecule has 0 saturated heterocycles. The summed E-state index contributed by atoms with van der Waals surface area (Å²) in [5, 5.41) is 17.3. The zero-order valence-corrected chi connectivity index (χ0v) is 20.1. The fourth-order valence-corrected chi connectivity index (χ4v) is 2.03. The van der Waals surface area contributed by atoms with Gasteiger partial charge in [0.2, 0.25) is 0 Å². The van der Waals surface area contributed by atoms with Crippen molar-refractivity contribution in [2.75, 3.05) is 0 Å². The second-order valence-corrected chi connectivity index (χ2v) is 6.56. The number of hydrogen-bond donors (Lipinski definition) is 0. The summed E-state index contributed by atoms with van der Waals surface area (Å²) in [4.78, 5) is 23.2. The molecule has 3 aromatic heterocycles. The molecule has 0 fully saturated rings. The average Bonchev–Trinajstić information content (AvgIpc) is 2.74. The average molecular weight is 532 g/mol. The van der Waals surface area contributed by atoms with Crippen LogP contribution in [-0.4, -0.2) is 20.7 Å². The molecule has 0 aromatic carbocycles. The molecule has 34 heavy (non-hydrogen) atoms. The van der Waals surface area contributed by atoms with Crippen LogP contribution in [0.25, 0.3) is 22.8 Å². The van der Waals surface area contributed by atoms with Crippen molar-refractivity contribution < 1.29 is 55.3 Å². The quantitative estimate of drug-likeness (QED) is 0.225. The monoisotopic (exact) mass is 530 g/mol. The zero-order valence-electron chi connectivity index (χ0n) is 18.4. The molecule has 3 rings (SSSR count).